The van der Waals surface area contributed by atoms with Crippen LogP contribution < -0.4 is 5.32 Å². The molecule has 2 aliphatic heterocycles. The van der Waals surface area contributed by atoms with E-state index in [0.29, 0.717) is 0 Å². The Bertz CT molecular complexity index is 450. The molecule has 0 spiro atoms. The summed E-state index contributed by atoms with van der Waals surface area (Å²) < 4.78 is 0. The summed E-state index contributed by atoms with van der Waals surface area (Å²) in [6, 6.07) is 10.9. The van der Waals surface area contributed by atoms with Gasteiger partial charge in [-0.25, -0.2) is 0 Å². The van der Waals surface area contributed by atoms with Crippen molar-refractivity contribution in [1.29, 1.82) is 0 Å². The topological polar surface area (TPSA) is 35.5 Å². The second kappa shape index (κ2) is 6.47. The zero-order chi connectivity index (χ0) is 14.7. The molecule has 2 heterocycles. The van der Waals surface area contributed by atoms with Crippen LogP contribution in [0.15, 0.2) is 30.3 Å². The lowest BCUT2D eigenvalue weighted by atomic mass is 9.79. The van der Waals surface area contributed by atoms with E-state index in [1.54, 1.807) is 0 Å². The Hall–Kier alpha value is -0.900. The third-order valence-electron chi connectivity index (χ3n) is 5.15. The Morgan fingerprint density at radius 1 is 1.33 bits per heavy atom. The fourth-order valence-electron chi connectivity index (χ4n) is 3.93. The van der Waals surface area contributed by atoms with Crippen LogP contribution in [0.3, 0.4) is 0 Å². The number of benzene rings is 1. The molecular weight excluding hydrogens is 260 g/mol. The molecule has 0 radical (unpaired) electrons. The molecule has 0 bridgehead atoms. The van der Waals surface area contributed by atoms with Crippen molar-refractivity contribution in [1.82, 2.24) is 10.2 Å². The largest absolute Gasteiger partial charge is 0.387 e. The lowest BCUT2D eigenvalue weighted by Crippen LogP contribution is -2.61. The molecule has 2 aliphatic rings. The van der Waals surface area contributed by atoms with Crippen molar-refractivity contribution in [3.63, 3.8) is 0 Å². The van der Waals surface area contributed by atoms with E-state index in [2.05, 4.69) is 47.5 Å². The molecular formula is C18H28N2O. The molecule has 0 saturated carbocycles. The Morgan fingerprint density at radius 2 is 2.14 bits per heavy atom. The second-order valence-electron chi connectivity index (χ2n) is 7.04. The van der Waals surface area contributed by atoms with Gasteiger partial charge in [-0.1, -0.05) is 37.3 Å². The number of hydrogen-bond acceptors (Lipinski definition) is 3. The Morgan fingerprint density at radius 3 is 2.90 bits per heavy atom. The highest BCUT2D eigenvalue weighted by molar-refractivity contribution is 5.15. The summed E-state index contributed by atoms with van der Waals surface area (Å²) in [5, 5.41) is 14.7. The first-order valence-corrected chi connectivity index (χ1v) is 8.38. The van der Waals surface area contributed by atoms with Crippen molar-refractivity contribution in [3.05, 3.63) is 35.9 Å². The highest BCUT2D eigenvalue weighted by Gasteiger charge is 2.41. The smallest absolute Gasteiger partial charge is 0.0926 e. The van der Waals surface area contributed by atoms with Crippen LogP contribution in [-0.4, -0.2) is 41.3 Å². The van der Waals surface area contributed by atoms with Crippen LogP contribution in [0.4, 0.5) is 0 Å². The van der Waals surface area contributed by atoms with Gasteiger partial charge in [0.25, 0.3) is 0 Å². The normalized spacial score (nSPS) is 34.8. The molecule has 21 heavy (non-hydrogen) atoms. The van der Waals surface area contributed by atoms with E-state index in [9.17, 15) is 5.11 Å². The fraction of sp³-hybridized carbons (Fsp3) is 0.667. The van der Waals surface area contributed by atoms with Crippen LogP contribution >= 0.6 is 0 Å². The summed E-state index contributed by atoms with van der Waals surface area (Å²) in [5.41, 5.74) is 0.786. The first-order valence-electron chi connectivity index (χ1n) is 8.38. The number of rotatable bonds is 3. The lowest BCUT2D eigenvalue weighted by Gasteiger charge is -2.46. The monoisotopic (exact) mass is 288 g/mol. The quantitative estimate of drug-likeness (QED) is 0.896. The van der Waals surface area contributed by atoms with Crippen molar-refractivity contribution in [3.8, 4) is 0 Å². The van der Waals surface area contributed by atoms with E-state index in [4.69, 9.17) is 0 Å². The van der Waals surface area contributed by atoms with Gasteiger partial charge in [0.05, 0.1) is 5.60 Å². The van der Waals surface area contributed by atoms with Crippen molar-refractivity contribution in [2.75, 3.05) is 19.6 Å². The summed E-state index contributed by atoms with van der Waals surface area (Å²) in [7, 11) is 0. The van der Waals surface area contributed by atoms with Gasteiger partial charge in [0.1, 0.15) is 0 Å². The minimum absolute atomic E-state index is 0.264. The molecule has 116 valence electrons. The van der Waals surface area contributed by atoms with Crippen LogP contribution in [0, 0.1) is 5.92 Å². The van der Waals surface area contributed by atoms with Crippen molar-refractivity contribution >= 4 is 0 Å². The maximum absolute atomic E-state index is 11.2. The van der Waals surface area contributed by atoms with E-state index >= 15 is 0 Å². The summed E-state index contributed by atoms with van der Waals surface area (Å²) in [5.74, 6) is 0.727. The van der Waals surface area contributed by atoms with E-state index in [1.807, 2.05) is 0 Å². The molecule has 3 unspecified atom stereocenters. The third kappa shape index (κ3) is 3.65. The first-order chi connectivity index (χ1) is 10.2. The molecule has 2 saturated heterocycles. The minimum Gasteiger partial charge on any atom is -0.387 e. The van der Waals surface area contributed by atoms with E-state index in [1.165, 1.54) is 12.0 Å². The van der Waals surface area contributed by atoms with Gasteiger partial charge in [0.15, 0.2) is 0 Å². The van der Waals surface area contributed by atoms with Gasteiger partial charge in [-0.05, 0) is 50.3 Å². The lowest BCUT2D eigenvalue weighted by molar-refractivity contribution is -0.0698. The van der Waals surface area contributed by atoms with Gasteiger partial charge >= 0.3 is 0 Å². The molecule has 2 fully saturated rings. The summed E-state index contributed by atoms with van der Waals surface area (Å²) in [6.45, 7) is 6.20. The first kappa shape index (κ1) is 15.0. The van der Waals surface area contributed by atoms with Crippen LogP contribution in [0.2, 0.25) is 0 Å². The maximum atomic E-state index is 11.2. The average molecular weight is 288 g/mol. The highest BCUT2D eigenvalue weighted by Crippen LogP contribution is 2.31. The predicted octanol–water partition coefficient (Wildman–Crippen LogP) is 2.40. The fourth-order valence-corrected chi connectivity index (χ4v) is 3.93. The van der Waals surface area contributed by atoms with Crippen LogP contribution in [0.25, 0.3) is 0 Å². The Kier molecular flexibility index (Phi) is 4.63. The number of nitrogens with zero attached hydrogens (tertiary/aromatic N) is 1. The maximum Gasteiger partial charge on any atom is 0.0926 e. The van der Waals surface area contributed by atoms with Crippen molar-refractivity contribution < 1.29 is 5.11 Å². The molecule has 0 aromatic heterocycles. The molecule has 2 N–H and O–H groups in total. The molecule has 0 amide bonds. The molecule has 3 atom stereocenters. The standard InChI is InChI=1S/C18H28N2O/c1-15-8-10-19-17(12-15)18(21)9-5-11-20(14-18)13-16-6-3-2-4-7-16/h2-4,6-7,15,17,19,21H,5,8-14H2,1H3. The number of aliphatic hydroxyl groups is 1. The van der Waals surface area contributed by atoms with Crippen molar-refractivity contribution in [2.45, 2.75) is 50.8 Å². The number of likely N-dealkylation sites (tertiary alicyclic amines) is 1. The van der Waals surface area contributed by atoms with Gasteiger partial charge in [0.2, 0.25) is 0 Å². The van der Waals surface area contributed by atoms with E-state index < -0.39 is 5.60 Å². The SMILES string of the molecule is CC1CCNC(C2(O)CCCN(Cc3ccccc3)C2)C1. The molecule has 3 rings (SSSR count). The summed E-state index contributed by atoms with van der Waals surface area (Å²) >= 11 is 0. The van der Waals surface area contributed by atoms with Gasteiger partial charge in [0, 0.05) is 19.1 Å². The Labute approximate surface area is 128 Å². The highest BCUT2D eigenvalue weighted by atomic mass is 16.3. The van der Waals surface area contributed by atoms with Gasteiger partial charge < -0.3 is 10.4 Å². The minimum atomic E-state index is -0.554. The number of piperidine rings is 2. The molecule has 1 aromatic rings. The van der Waals surface area contributed by atoms with Crippen LogP contribution in [0.5, 0.6) is 0 Å². The summed E-state index contributed by atoms with van der Waals surface area (Å²) in [4.78, 5) is 2.42. The van der Waals surface area contributed by atoms with E-state index in [0.717, 1.165) is 51.4 Å². The molecule has 0 aliphatic carbocycles. The van der Waals surface area contributed by atoms with E-state index in [-0.39, 0.29) is 6.04 Å². The van der Waals surface area contributed by atoms with Gasteiger partial charge in [-0.3, -0.25) is 4.90 Å². The van der Waals surface area contributed by atoms with Gasteiger partial charge in [-0.15, -0.1) is 0 Å². The Balaban J connectivity index is 1.64. The zero-order valence-corrected chi connectivity index (χ0v) is 13.1. The van der Waals surface area contributed by atoms with Crippen molar-refractivity contribution in [2.24, 2.45) is 5.92 Å². The van der Waals surface area contributed by atoms with Gasteiger partial charge in [-0.2, -0.15) is 0 Å². The number of nitrogens with one attached hydrogen (secondary N) is 1. The second-order valence-corrected chi connectivity index (χ2v) is 7.04. The molecule has 3 heteroatoms. The number of hydrogen-bond donors (Lipinski definition) is 2. The van der Waals surface area contributed by atoms with Crippen LogP contribution in [-0.2, 0) is 6.54 Å². The number of β-amino-alcohol motifs (C(OH)–C–C–N with tert-alkyl or cyclic N) is 1. The summed E-state index contributed by atoms with van der Waals surface area (Å²) in [6.07, 6.45) is 4.37. The molecule has 3 nitrogen and oxygen atoms in total. The third-order valence-corrected chi connectivity index (χ3v) is 5.15. The van der Waals surface area contributed by atoms with Crippen LogP contribution in [0.1, 0.15) is 38.2 Å². The molecule has 1 aromatic carbocycles. The zero-order valence-electron chi connectivity index (χ0n) is 13.1. The predicted molar refractivity (Wildman–Crippen MR) is 86.1 cm³/mol. The average Bonchev–Trinajstić information content (AvgIpc) is 2.48.